The molecule has 2 aromatic heterocycles. The number of carboxylic acid groups (broad SMARTS) is 1. The van der Waals surface area contributed by atoms with E-state index in [-0.39, 0.29) is 11.6 Å². The molecule has 10 heteroatoms. The van der Waals surface area contributed by atoms with Crippen LogP contribution in [0.1, 0.15) is 19.3 Å². The number of carbonyl (C=O) groups is 1. The Kier molecular flexibility index (Phi) is 5.00. The number of pyridine rings is 1. The zero-order chi connectivity index (χ0) is 19.5. The van der Waals surface area contributed by atoms with Crippen LogP contribution >= 0.6 is 0 Å². The number of nitrogens with zero attached hydrogens (tertiary/aromatic N) is 4. The third kappa shape index (κ3) is 3.57. The molecule has 0 unspecified atom stereocenters. The number of ether oxygens (including phenoxy) is 1. The molecule has 0 spiro atoms. The van der Waals surface area contributed by atoms with Crippen molar-refractivity contribution in [3.8, 4) is 5.75 Å². The molecular formula is C18H22N6O4. The summed E-state index contributed by atoms with van der Waals surface area (Å²) >= 11 is 0. The van der Waals surface area contributed by atoms with Crippen molar-refractivity contribution >= 4 is 23.4 Å². The Labute approximate surface area is 161 Å². The third-order valence-electron chi connectivity index (χ3n) is 5.09. The van der Waals surface area contributed by atoms with E-state index in [0.29, 0.717) is 42.8 Å². The van der Waals surface area contributed by atoms with Gasteiger partial charge >= 0.3 is 6.09 Å². The lowest BCUT2D eigenvalue weighted by Gasteiger charge is -2.37. The monoisotopic (exact) mass is 386 g/mol. The minimum Gasteiger partial charge on any atom is -0.486 e. The second kappa shape index (κ2) is 7.75. The molecule has 3 N–H and O–H groups in total. The van der Waals surface area contributed by atoms with E-state index in [1.165, 1.54) is 11.2 Å². The van der Waals surface area contributed by atoms with Gasteiger partial charge in [0.2, 0.25) is 5.75 Å². The molecule has 148 valence electrons. The minimum atomic E-state index is -0.875. The predicted octanol–water partition coefficient (Wildman–Crippen LogP) is 1.64. The molecule has 1 amide bonds. The Bertz CT molecular complexity index is 909. The lowest BCUT2D eigenvalue weighted by Crippen LogP contribution is -2.47. The highest BCUT2D eigenvalue weighted by Crippen LogP contribution is 2.37. The first-order valence-corrected chi connectivity index (χ1v) is 9.30. The second-order valence-electron chi connectivity index (χ2n) is 6.81. The zero-order valence-corrected chi connectivity index (χ0v) is 15.3. The number of piperidine rings is 1. The number of hydrogen-bond acceptors (Lipinski definition) is 7. The first-order chi connectivity index (χ1) is 13.6. The molecule has 28 heavy (non-hydrogen) atoms. The van der Waals surface area contributed by atoms with E-state index in [1.807, 2.05) is 0 Å². The number of nitrogens with one attached hydrogen (secondary N) is 2. The number of hydrogen-bond donors (Lipinski definition) is 3. The second-order valence-corrected chi connectivity index (χ2v) is 6.81. The van der Waals surface area contributed by atoms with Crippen LogP contribution in [0.2, 0.25) is 0 Å². The molecule has 0 aromatic carbocycles. The predicted molar refractivity (Wildman–Crippen MR) is 102 cm³/mol. The van der Waals surface area contributed by atoms with E-state index in [9.17, 15) is 14.7 Å². The molecule has 0 atom stereocenters. The quantitative estimate of drug-likeness (QED) is 0.727. The fourth-order valence-corrected chi connectivity index (χ4v) is 3.68. The van der Waals surface area contributed by atoms with E-state index in [4.69, 9.17) is 4.74 Å². The highest BCUT2D eigenvalue weighted by Gasteiger charge is 2.31. The topological polar surface area (TPSA) is 124 Å². The maximum absolute atomic E-state index is 12.0. The highest BCUT2D eigenvalue weighted by molar-refractivity contribution is 5.70. The van der Waals surface area contributed by atoms with Crippen molar-refractivity contribution in [1.82, 2.24) is 19.9 Å². The summed E-state index contributed by atoms with van der Waals surface area (Å²) in [7, 11) is 0. The van der Waals surface area contributed by atoms with Gasteiger partial charge in [0.15, 0.2) is 11.6 Å². The van der Waals surface area contributed by atoms with Crippen molar-refractivity contribution in [3.05, 3.63) is 35.0 Å². The number of anilines is 3. The molecule has 4 heterocycles. The molecule has 0 saturated carbocycles. The normalized spacial score (nSPS) is 17.4. The summed E-state index contributed by atoms with van der Waals surface area (Å²) in [5.74, 6) is 1.64. The fraction of sp³-hybridized carbons (Fsp3) is 0.444. The molecule has 4 rings (SSSR count). The van der Waals surface area contributed by atoms with Crippen LogP contribution < -0.4 is 20.5 Å². The number of fused-ring (bicyclic) bond motifs is 1. The molecule has 10 nitrogen and oxygen atoms in total. The van der Waals surface area contributed by atoms with Crippen LogP contribution in [0.5, 0.6) is 5.75 Å². The summed E-state index contributed by atoms with van der Waals surface area (Å²) in [6, 6.07) is 3.58. The van der Waals surface area contributed by atoms with Gasteiger partial charge in [0.1, 0.15) is 12.0 Å². The lowest BCUT2D eigenvalue weighted by atomic mass is 10.0. The summed E-state index contributed by atoms with van der Waals surface area (Å²) < 4.78 is 5.93. The van der Waals surface area contributed by atoms with Crippen LogP contribution in [-0.2, 0) is 0 Å². The average Bonchev–Trinajstić information content (AvgIpc) is 2.93. The van der Waals surface area contributed by atoms with Gasteiger partial charge in [-0.2, -0.15) is 0 Å². The molecule has 2 aliphatic rings. The first kappa shape index (κ1) is 18.1. The Hall–Kier alpha value is -3.30. The van der Waals surface area contributed by atoms with Gasteiger partial charge in [-0.25, -0.2) is 14.8 Å². The van der Waals surface area contributed by atoms with Crippen molar-refractivity contribution in [1.29, 1.82) is 0 Å². The van der Waals surface area contributed by atoms with E-state index < -0.39 is 6.09 Å². The molecular weight excluding hydrogens is 364 g/mol. The number of H-pyrrole nitrogens is 1. The van der Waals surface area contributed by atoms with Gasteiger partial charge in [0.25, 0.3) is 5.56 Å². The minimum absolute atomic E-state index is 0.180. The molecule has 0 bridgehead atoms. The van der Waals surface area contributed by atoms with Gasteiger partial charge in [-0.05, 0) is 31.4 Å². The Morgan fingerprint density at radius 1 is 1.29 bits per heavy atom. The summed E-state index contributed by atoms with van der Waals surface area (Å²) in [5.41, 5.74) is 0.124. The standard InChI is InChI=1S/C18H22N6O4/c25-17-13(3-1-6-19-17)22-15-14-16(21-11-20-15)24(7-2-10-28-14)12-4-8-23(9-5-12)18(26)27/h1,3,6,11-12H,2,4-5,7-10H2,(H,19,25)(H,26,27)(H,20,21,22). The highest BCUT2D eigenvalue weighted by atomic mass is 16.5. The van der Waals surface area contributed by atoms with Crippen molar-refractivity contribution in [2.24, 2.45) is 0 Å². The van der Waals surface area contributed by atoms with Crippen LogP contribution in [0.25, 0.3) is 0 Å². The average molecular weight is 386 g/mol. The number of likely N-dealkylation sites (tertiary alicyclic amines) is 1. The number of aromatic nitrogens is 3. The van der Waals surface area contributed by atoms with Gasteiger partial charge in [-0.15, -0.1) is 0 Å². The van der Waals surface area contributed by atoms with Crippen molar-refractivity contribution < 1.29 is 14.6 Å². The zero-order valence-electron chi connectivity index (χ0n) is 15.3. The first-order valence-electron chi connectivity index (χ1n) is 9.30. The molecule has 2 aromatic rings. The van der Waals surface area contributed by atoms with Crippen molar-refractivity contribution in [2.45, 2.75) is 25.3 Å². The summed E-state index contributed by atoms with van der Waals surface area (Å²) in [4.78, 5) is 38.1. The number of aromatic amines is 1. The largest absolute Gasteiger partial charge is 0.486 e. The van der Waals surface area contributed by atoms with E-state index in [0.717, 1.165) is 25.8 Å². The summed E-state index contributed by atoms with van der Waals surface area (Å²) in [6.07, 6.45) is 4.43. The molecule has 0 radical (unpaired) electrons. The summed E-state index contributed by atoms with van der Waals surface area (Å²) in [5, 5.41) is 12.2. The third-order valence-corrected chi connectivity index (χ3v) is 5.09. The van der Waals surface area contributed by atoms with Gasteiger partial charge in [0.05, 0.1) is 6.61 Å². The molecule has 1 saturated heterocycles. The number of rotatable bonds is 3. The van der Waals surface area contributed by atoms with Gasteiger partial charge in [-0.1, -0.05) is 0 Å². The lowest BCUT2D eigenvalue weighted by molar-refractivity contribution is 0.131. The maximum Gasteiger partial charge on any atom is 0.407 e. The van der Waals surface area contributed by atoms with E-state index in [1.54, 1.807) is 18.3 Å². The van der Waals surface area contributed by atoms with Crippen LogP contribution in [-0.4, -0.2) is 63.3 Å². The Morgan fingerprint density at radius 2 is 2.11 bits per heavy atom. The van der Waals surface area contributed by atoms with E-state index >= 15 is 0 Å². The van der Waals surface area contributed by atoms with Crippen LogP contribution in [0, 0.1) is 0 Å². The van der Waals surface area contributed by atoms with Crippen LogP contribution in [0.15, 0.2) is 29.5 Å². The van der Waals surface area contributed by atoms with E-state index in [2.05, 4.69) is 25.2 Å². The molecule has 1 fully saturated rings. The molecule has 2 aliphatic heterocycles. The van der Waals surface area contributed by atoms with Crippen LogP contribution in [0.4, 0.5) is 22.1 Å². The summed E-state index contributed by atoms with van der Waals surface area (Å²) in [6.45, 7) is 2.29. The SMILES string of the molecule is O=C(O)N1CCC(N2CCCOc3c(Nc4ccc[nH]c4=O)ncnc32)CC1. The van der Waals surface area contributed by atoms with Gasteiger partial charge in [-0.3, -0.25) is 4.79 Å². The number of amides is 1. The Balaban J connectivity index is 1.61. The van der Waals surface area contributed by atoms with Gasteiger partial charge in [0, 0.05) is 31.9 Å². The smallest absolute Gasteiger partial charge is 0.407 e. The van der Waals surface area contributed by atoms with Crippen LogP contribution in [0.3, 0.4) is 0 Å². The molecule has 0 aliphatic carbocycles. The fourth-order valence-electron chi connectivity index (χ4n) is 3.68. The van der Waals surface area contributed by atoms with Crippen molar-refractivity contribution in [2.75, 3.05) is 36.5 Å². The maximum atomic E-state index is 12.0. The van der Waals surface area contributed by atoms with Gasteiger partial charge < -0.3 is 29.9 Å². The van der Waals surface area contributed by atoms with Crippen molar-refractivity contribution in [3.63, 3.8) is 0 Å². The Morgan fingerprint density at radius 3 is 2.86 bits per heavy atom.